The number of rotatable bonds is 24. The molecule has 0 amide bonds. The number of allylic oxidation sites excluding steroid dienone is 1. The molecule has 75 heavy (non-hydrogen) atoms. The summed E-state index contributed by atoms with van der Waals surface area (Å²) in [5, 5.41) is 24.4. The van der Waals surface area contributed by atoms with Crippen molar-refractivity contribution in [1.29, 1.82) is 0 Å². The van der Waals surface area contributed by atoms with Crippen LogP contribution in [-0.4, -0.2) is 65.1 Å². The number of ether oxygens (including phenoxy) is 4. The van der Waals surface area contributed by atoms with Gasteiger partial charge in [0.1, 0.15) is 23.0 Å². The number of carbonyl (C=O) groups excluding carboxylic acids is 4. The fraction of sp³-hybridized carbons (Fsp3) is 0.228. The minimum Gasteiger partial charge on any atom is -0.494 e. The Kier molecular flexibility index (Phi) is 18.8. The van der Waals surface area contributed by atoms with E-state index in [4.69, 9.17) is 30.4 Å². The molecule has 6 aromatic rings. The van der Waals surface area contributed by atoms with Gasteiger partial charge in [-0.15, -0.1) is 0 Å². The fourth-order valence-corrected chi connectivity index (χ4v) is 7.67. The van der Waals surface area contributed by atoms with E-state index >= 15 is 0 Å². The number of benzene rings is 6. The molecule has 0 unspecified atom stereocenters. The van der Waals surface area contributed by atoms with Crippen molar-refractivity contribution < 1.29 is 74.7 Å². The second kappa shape index (κ2) is 25.1. The molecule has 6 N–H and O–H groups in total. The van der Waals surface area contributed by atoms with Crippen LogP contribution < -0.4 is 30.4 Å². The van der Waals surface area contributed by atoms with Gasteiger partial charge in [0, 0.05) is 36.1 Å². The minimum absolute atomic E-state index is 0.123. The summed E-state index contributed by atoms with van der Waals surface area (Å²) in [4.78, 5) is 54.2. The molecule has 6 aromatic carbocycles. The number of nitrogen functional groups attached to an aromatic ring is 2. The molecule has 0 radical (unpaired) electrons. The average molecular weight is 1040 g/mol. The number of ketones is 2. The second-order valence-electron chi connectivity index (χ2n) is 17.6. The molecule has 18 heteroatoms. The van der Waals surface area contributed by atoms with Gasteiger partial charge in [0.2, 0.25) is 11.6 Å². The van der Waals surface area contributed by atoms with Crippen LogP contribution in [0.5, 0.6) is 23.0 Å². The zero-order chi connectivity index (χ0) is 54.2. The van der Waals surface area contributed by atoms with Crippen molar-refractivity contribution in [2.75, 3.05) is 24.7 Å². The molecule has 0 aliphatic heterocycles. The molecule has 0 bridgehead atoms. The zero-order valence-electron chi connectivity index (χ0n) is 40.1. The maximum Gasteiger partial charge on any atom is 0.389 e. The summed E-state index contributed by atoms with van der Waals surface area (Å²) >= 11 is 0. The normalized spacial score (nSPS) is 12.2. The number of alkyl halides is 6. The predicted molar refractivity (Wildman–Crippen MR) is 269 cm³/mol. The Labute approximate surface area is 427 Å². The summed E-state index contributed by atoms with van der Waals surface area (Å²) in [5.41, 5.74) is 13.0. The number of halogens is 6. The molecule has 0 spiro atoms. The van der Waals surface area contributed by atoms with Crippen molar-refractivity contribution >= 4 is 47.0 Å². The maximum absolute atomic E-state index is 14.2. The SMILES string of the molecule is Nc1ccc(CC(CC(=O)C=Cc2ccc(C(=O)Oc3ccc(OCCCC(F)(F)F)cc3)cc2)(Cc2ccc(N)cc2)C(O)(O)C(=O)C=Cc2ccc(C(=O)Oc3ccc(OCCCC(F)(F)F)cc3)cc2)cc1. The third kappa shape index (κ3) is 17.5. The Morgan fingerprint density at radius 3 is 1.21 bits per heavy atom. The average Bonchev–Trinajstić information content (AvgIpc) is 3.37. The van der Waals surface area contributed by atoms with E-state index in [9.17, 15) is 55.7 Å². The topological polar surface area (TPSA) is 198 Å². The number of hydrogen-bond acceptors (Lipinski definition) is 12. The standard InChI is InChI=1S/C57H52F6N2O10/c58-55(59,60)31-1-33-72-47-22-26-49(27-23-47)74-52(68)42-13-3-38(4-14-42)11-21-46(66)37-54(35-40-7-17-44(64)18-8-40,36-41-9-19-45(65)20-10-41)57(70,71)51(67)30-12-39-5-15-43(16-6-39)53(69)75-50-28-24-48(25-29-50)73-34-2-32-56(61,62)63/h3-30,70-71H,1-2,31-37,64-65H2. The molecule has 0 atom stereocenters. The summed E-state index contributed by atoms with van der Waals surface area (Å²) in [5.74, 6) is -5.51. The highest BCUT2D eigenvalue weighted by molar-refractivity contribution is 6.01. The van der Waals surface area contributed by atoms with Crippen molar-refractivity contribution in [1.82, 2.24) is 0 Å². The lowest BCUT2D eigenvalue weighted by atomic mass is 9.65. The van der Waals surface area contributed by atoms with E-state index in [1.807, 2.05) is 0 Å². The molecule has 6 rings (SSSR count). The molecule has 0 aromatic heterocycles. The van der Waals surface area contributed by atoms with Gasteiger partial charge >= 0.3 is 24.3 Å². The van der Waals surface area contributed by atoms with Crippen LogP contribution in [0, 0.1) is 5.41 Å². The van der Waals surface area contributed by atoms with Crippen LogP contribution in [0.2, 0.25) is 0 Å². The van der Waals surface area contributed by atoms with Gasteiger partial charge in [0.05, 0.1) is 24.3 Å². The molecular formula is C57H52F6N2O10. The Hall–Kier alpha value is -8.22. The van der Waals surface area contributed by atoms with Crippen LogP contribution >= 0.6 is 0 Å². The number of aliphatic hydroxyl groups is 2. The van der Waals surface area contributed by atoms with Crippen LogP contribution in [0.1, 0.15) is 75.1 Å². The van der Waals surface area contributed by atoms with E-state index in [-0.39, 0.29) is 61.5 Å². The Bertz CT molecular complexity index is 2870. The first kappa shape index (κ1) is 56.1. The third-order valence-electron chi connectivity index (χ3n) is 11.6. The van der Waals surface area contributed by atoms with Gasteiger partial charge in [-0.05, 0) is 157 Å². The summed E-state index contributed by atoms with van der Waals surface area (Å²) in [6, 6.07) is 36.4. The smallest absolute Gasteiger partial charge is 0.389 e. The van der Waals surface area contributed by atoms with Crippen molar-refractivity contribution in [2.45, 2.75) is 63.1 Å². The molecule has 0 saturated carbocycles. The van der Waals surface area contributed by atoms with Crippen LogP contribution in [0.15, 0.2) is 158 Å². The van der Waals surface area contributed by atoms with E-state index in [1.165, 1.54) is 103 Å². The number of hydrogen-bond donors (Lipinski definition) is 4. The number of anilines is 2. The van der Waals surface area contributed by atoms with Gasteiger partial charge in [-0.25, -0.2) is 9.59 Å². The maximum atomic E-state index is 14.2. The van der Waals surface area contributed by atoms with Gasteiger partial charge in [-0.1, -0.05) is 60.7 Å². The third-order valence-corrected chi connectivity index (χ3v) is 11.6. The molecule has 0 aliphatic rings. The highest BCUT2D eigenvalue weighted by atomic mass is 19.4. The highest BCUT2D eigenvalue weighted by Crippen LogP contribution is 2.43. The Balaban J connectivity index is 1.15. The van der Waals surface area contributed by atoms with E-state index in [2.05, 4.69) is 0 Å². The molecule has 0 heterocycles. The largest absolute Gasteiger partial charge is 0.494 e. The quantitative estimate of drug-likeness (QED) is 0.00852. The van der Waals surface area contributed by atoms with Gasteiger partial charge in [0.15, 0.2) is 5.78 Å². The fourth-order valence-electron chi connectivity index (χ4n) is 7.67. The van der Waals surface area contributed by atoms with Crippen molar-refractivity contribution in [3.63, 3.8) is 0 Å². The van der Waals surface area contributed by atoms with Gasteiger partial charge < -0.3 is 40.6 Å². The monoisotopic (exact) mass is 1040 g/mol. The first-order chi connectivity index (χ1) is 35.5. The molecule has 0 saturated heterocycles. The van der Waals surface area contributed by atoms with Crippen LogP contribution in [0.25, 0.3) is 12.2 Å². The van der Waals surface area contributed by atoms with Crippen molar-refractivity contribution in [3.8, 4) is 23.0 Å². The highest BCUT2D eigenvalue weighted by Gasteiger charge is 2.54. The predicted octanol–water partition coefficient (Wildman–Crippen LogP) is 11.1. The molecule has 0 fully saturated rings. The summed E-state index contributed by atoms with van der Waals surface area (Å²) in [6.07, 6.45) is -6.97. The Morgan fingerprint density at radius 1 is 0.480 bits per heavy atom. The van der Waals surface area contributed by atoms with Crippen LogP contribution in [-0.2, 0) is 22.4 Å². The van der Waals surface area contributed by atoms with Gasteiger partial charge in [-0.3, -0.25) is 9.59 Å². The first-order valence-electron chi connectivity index (χ1n) is 23.4. The van der Waals surface area contributed by atoms with Crippen LogP contribution in [0.3, 0.4) is 0 Å². The van der Waals surface area contributed by atoms with Gasteiger partial charge in [0.25, 0.3) is 0 Å². The first-order valence-corrected chi connectivity index (χ1v) is 23.4. The lowest BCUT2D eigenvalue weighted by molar-refractivity contribution is -0.230. The molecule has 12 nitrogen and oxygen atoms in total. The van der Waals surface area contributed by atoms with Crippen molar-refractivity contribution in [2.24, 2.45) is 5.41 Å². The molecule has 392 valence electrons. The molecular weight excluding hydrogens is 987 g/mol. The number of nitrogens with two attached hydrogens (primary N) is 2. The summed E-state index contributed by atoms with van der Waals surface area (Å²) in [7, 11) is 0. The van der Waals surface area contributed by atoms with E-state index in [1.54, 1.807) is 60.7 Å². The lowest BCUT2D eigenvalue weighted by Crippen LogP contribution is -2.57. The summed E-state index contributed by atoms with van der Waals surface area (Å²) < 4.78 is 96.0. The second-order valence-corrected chi connectivity index (χ2v) is 17.6. The zero-order valence-corrected chi connectivity index (χ0v) is 40.1. The number of esters is 2. The van der Waals surface area contributed by atoms with Gasteiger partial charge in [-0.2, -0.15) is 26.3 Å². The number of carbonyl (C=O) groups is 4. The van der Waals surface area contributed by atoms with Crippen LogP contribution in [0.4, 0.5) is 37.7 Å². The molecule has 0 aliphatic carbocycles. The lowest BCUT2D eigenvalue weighted by Gasteiger charge is -2.42. The minimum atomic E-state index is -4.28. The Morgan fingerprint density at radius 2 is 0.840 bits per heavy atom. The van der Waals surface area contributed by atoms with Crippen molar-refractivity contribution in [3.05, 3.63) is 191 Å². The summed E-state index contributed by atoms with van der Waals surface area (Å²) in [6.45, 7) is -0.295. The van der Waals surface area contributed by atoms with E-state index in [0.29, 0.717) is 45.1 Å². The van der Waals surface area contributed by atoms with E-state index in [0.717, 1.165) is 6.08 Å². The van der Waals surface area contributed by atoms with E-state index < -0.39 is 66.3 Å².